The van der Waals surface area contributed by atoms with Crippen molar-refractivity contribution in [1.82, 2.24) is 10.2 Å². The molecular weight excluding hydrogens is 285 g/mol. The van der Waals surface area contributed by atoms with Crippen LogP contribution in [0.2, 0.25) is 0 Å². The van der Waals surface area contributed by atoms with Crippen molar-refractivity contribution in [3.63, 3.8) is 0 Å². The monoisotopic (exact) mass is 302 g/mol. The molecule has 1 N–H and O–H groups in total. The van der Waals surface area contributed by atoms with Crippen LogP contribution in [-0.4, -0.2) is 36.4 Å². The Bertz CT molecular complexity index is 457. The molecule has 1 aromatic rings. The molecule has 0 unspecified atom stereocenters. The van der Waals surface area contributed by atoms with Crippen LogP contribution in [-0.2, 0) is 11.3 Å². The highest BCUT2D eigenvalue weighted by Gasteiger charge is 2.33. The zero-order valence-corrected chi connectivity index (χ0v) is 11.4. The summed E-state index contributed by atoms with van der Waals surface area (Å²) in [6.45, 7) is 0.698. The molecule has 21 heavy (non-hydrogen) atoms. The van der Waals surface area contributed by atoms with E-state index in [9.17, 15) is 18.0 Å². The van der Waals surface area contributed by atoms with Gasteiger partial charge >= 0.3 is 12.4 Å². The molecule has 0 spiro atoms. The number of alkyl halides is 3. The predicted octanol–water partition coefficient (Wildman–Crippen LogP) is 2.90. The number of amides is 1. The van der Waals surface area contributed by atoms with Crippen molar-refractivity contribution in [2.45, 2.75) is 31.8 Å². The van der Waals surface area contributed by atoms with E-state index in [1.165, 1.54) is 4.90 Å². The number of carbonyl (C=O) groups is 1. The smallest absolute Gasteiger partial charge is 0.445 e. The van der Waals surface area contributed by atoms with Gasteiger partial charge in [-0.2, -0.15) is 13.2 Å². The Morgan fingerprint density at radius 2 is 1.86 bits per heavy atom. The van der Waals surface area contributed by atoms with Crippen LogP contribution in [0.4, 0.5) is 18.0 Å². The van der Waals surface area contributed by atoms with Crippen molar-refractivity contribution in [2.75, 3.05) is 13.1 Å². The minimum Gasteiger partial charge on any atom is -0.445 e. The molecule has 1 saturated heterocycles. The molecule has 1 amide bonds. The molecule has 0 radical (unpaired) electrons. The summed E-state index contributed by atoms with van der Waals surface area (Å²) in [5, 5.41) is 1.60. The first-order chi connectivity index (χ1) is 9.94. The van der Waals surface area contributed by atoms with E-state index in [1.54, 1.807) is 5.32 Å². The van der Waals surface area contributed by atoms with Gasteiger partial charge < -0.3 is 9.64 Å². The molecule has 116 valence electrons. The highest BCUT2D eigenvalue weighted by Crippen LogP contribution is 2.18. The minimum absolute atomic E-state index is 0.167. The molecule has 7 heteroatoms. The van der Waals surface area contributed by atoms with E-state index in [4.69, 9.17) is 4.74 Å². The van der Waals surface area contributed by atoms with E-state index < -0.39 is 18.4 Å². The maximum absolute atomic E-state index is 12.2. The van der Waals surface area contributed by atoms with Crippen molar-refractivity contribution in [2.24, 2.45) is 0 Å². The maximum atomic E-state index is 12.2. The second-order valence-corrected chi connectivity index (χ2v) is 4.94. The van der Waals surface area contributed by atoms with Crippen LogP contribution < -0.4 is 5.32 Å². The van der Waals surface area contributed by atoms with Gasteiger partial charge in [-0.15, -0.1) is 0 Å². The van der Waals surface area contributed by atoms with Crippen LogP contribution in [0.15, 0.2) is 30.3 Å². The van der Waals surface area contributed by atoms with Crippen LogP contribution in [0, 0.1) is 0 Å². The fourth-order valence-electron chi connectivity index (χ4n) is 2.25. The molecule has 1 aliphatic rings. The Morgan fingerprint density at radius 1 is 1.24 bits per heavy atom. The summed E-state index contributed by atoms with van der Waals surface area (Å²) < 4.78 is 41.7. The van der Waals surface area contributed by atoms with Crippen LogP contribution in [0.5, 0.6) is 0 Å². The highest BCUT2D eigenvalue weighted by molar-refractivity contribution is 5.67. The first-order valence-electron chi connectivity index (χ1n) is 6.74. The number of halogens is 3. The van der Waals surface area contributed by atoms with Gasteiger partial charge in [-0.05, 0) is 18.4 Å². The van der Waals surface area contributed by atoms with Gasteiger partial charge in [-0.1, -0.05) is 30.3 Å². The molecule has 1 aromatic carbocycles. The summed E-state index contributed by atoms with van der Waals surface area (Å²) in [6.07, 6.45) is -4.33. The predicted molar refractivity (Wildman–Crippen MR) is 70.4 cm³/mol. The van der Waals surface area contributed by atoms with Gasteiger partial charge in [0.25, 0.3) is 0 Å². The number of benzene rings is 1. The summed E-state index contributed by atoms with van der Waals surface area (Å²) in [7, 11) is 0. The van der Waals surface area contributed by atoms with Gasteiger partial charge in [-0.25, -0.2) is 10.1 Å². The molecule has 4 nitrogen and oxygen atoms in total. The third-order valence-corrected chi connectivity index (χ3v) is 3.33. The van der Waals surface area contributed by atoms with Gasteiger partial charge in [0.2, 0.25) is 0 Å². The van der Waals surface area contributed by atoms with Crippen LogP contribution >= 0.6 is 0 Å². The number of hydrogen-bond donors (Lipinski definition) is 1. The first kappa shape index (κ1) is 15.6. The highest BCUT2D eigenvalue weighted by atomic mass is 19.4. The Hall–Kier alpha value is -1.76. The number of piperidine rings is 1. The van der Waals surface area contributed by atoms with Crippen molar-refractivity contribution >= 4 is 6.09 Å². The van der Waals surface area contributed by atoms with Gasteiger partial charge in [0.15, 0.2) is 0 Å². The largest absolute Gasteiger partial charge is 0.457 e. The van der Waals surface area contributed by atoms with Gasteiger partial charge in [0, 0.05) is 19.1 Å². The Morgan fingerprint density at radius 3 is 2.43 bits per heavy atom. The molecule has 0 aliphatic carbocycles. The van der Waals surface area contributed by atoms with Crippen molar-refractivity contribution in [1.29, 1.82) is 0 Å². The number of rotatable bonds is 3. The van der Waals surface area contributed by atoms with E-state index in [1.807, 2.05) is 30.3 Å². The number of nitrogens with zero attached hydrogens (tertiary/aromatic N) is 1. The topological polar surface area (TPSA) is 41.6 Å². The molecule has 0 aromatic heterocycles. The SMILES string of the molecule is O=C(OCc1ccccc1)N1CCC(NC(F)(F)F)CC1. The minimum atomic E-state index is -4.37. The average molecular weight is 302 g/mol. The van der Waals surface area contributed by atoms with Crippen molar-refractivity contribution in [3.05, 3.63) is 35.9 Å². The van der Waals surface area contributed by atoms with Crippen LogP contribution in [0.3, 0.4) is 0 Å². The number of nitrogens with one attached hydrogen (secondary N) is 1. The van der Waals surface area contributed by atoms with E-state index in [2.05, 4.69) is 0 Å². The first-order valence-corrected chi connectivity index (χ1v) is 6.74. The van der Waals surface area contributed by atoms with E-state index in [0.717, 1.165) is 5.56 Å². The average Bonchev–Trinajstić information content (AvgIpc) is 2.45. The third kappa shape index (κ3) is 5.26. The lowest BCUT2D eigenvalue weighted by Crippen LogP contribution is -2.49. The number of ether oxygens (including phenoxy) is 1. The fraction of sp³-hybridized carbons (Fsp3) is 0.500. The lowest BCUT2D eigenvalue weighted by atomic mass is 10.1. The molecule has 1 aliphatic heterocycles. The number of likely N-dealkylation sites (tertiary alicyclic amines) is 1. The quantitative estimate of drug-likeness (QED) is 0.873. The summed E-state index contributed by atoms with van der Waals surface area (Å²) in [5.41, 5.74) is 0.875. The van der Waals surface area contributed by atoms with E-state index in [-0.39, 0.29) is 32.5 Å². The summed E-state index contributed by atoms with van der Waals surface area (Å²) in [6, 6.07) is 8.60. The van der Waals surface area contributed by atoms with Gasteiger partial charge in [0.05, 0.1) is 0 Å². The lowest BCUT2D eigenvalue weighted by molar-refractivity contribution is -0.166. The van der Waals surface area contributed by atoms with Gasteiger partial charge in [0.1, 0.15) is 6.61 Å². The van der Waals surface area contributed by atoms with Crippen LogP contribution in [0.1, 0.15) is 18.4 Å². The maximum Gasteiger partial charge on any atom is 0.457 e. The number of carbonyl (C=O) groups excluding carboxylic acids is 1. The summed E-state index contributed by atoms with van der Waals surface area (Å²) in [4.78, 5) is 13.3. The zero-order chi connectivity index (χ0) is 15.3. The molecule has 0 saturated carbocycles. The second kappa shape index (κ2) is 6.80. The molecular formula is C14H17F3N2O2. The van der Waals surface area contributed by atoms with Crippen molar-refractivity contribution < 1.29 is 22.7 Å². The molecule has 0 bridgehead atoms. The zero-order valence-electron chi connectivity index (χ0n) is 11.4. The lowest BCUT2D eigenvalue weighted by Gasteiger charge is -2.32. The van der Waals surface area contributed by atoms with E-state index >= 15 is 0 Å². The number of hydrogen-bond acceptors (Lipinski definition) is 3. The normalized spacial score (nSPS) is 16.8. The summed E-state index contributed by atoms with van der Waals surface area (Å²) >= 11 is 0. The van der Waals surface area contributed by atoms with Crippen LogP contribution in [0.25, 0.3) is 0 Å². The fourth-order valence-corrected chi connectivity index (χ4v) is 2.25. The molecule has 0 atom stereocenters. The molecule has 1 fully saturated rings. The second-order valence-electron chi connectivity index (χ2n) is 4.94. The Balaban J connectivity index is 1.73. The summed E-state index contributed by atoms with van der Waals surface area (Å²) in [5.74, 6) is 0. The standard InChI is InChI=1S/C14H17F3N2O2/c15-14(16,17)18-12-6-8-19(9-7-12)13(20)21-10-11-4-2-1-3-5-11/h1-5,12,18H,6-10H2. The van der Waals surface area contributed by atoms with E-state index in [0.29, 0.717) is 0 Å². The molecule has 1 heterocycles. The molecule has 2 rings (SSSR count). The van der Waals surface area contributed by atoms with Gasteiger partial charge in [-0.3, -0.25) is 0 Å². The third-order valence-electron chi connectivity index (χ3n) is 3.33. The van der Waals surface area contributed by atoms with Crippen molar-refractivity contribution in [3.8, 4) is 0 Å². The Kier molecular flexibility index (Phi) is 5.06. The Labute approximate surface area is 120 Å².